The lowest BCUT2D eigenvalue weighted by Crippen LogP contribution is -2.34. The van der Waals surface area contributed by atoms with Crippen LogP contribution in [-0.4, -0.2) is 19.0 Å². The van der Waals surface area contributed by atoms with Crippen molar-refractivity contribution in [2.75, 3.05) is 18.0 Å². The Kier molecular flexibility index (Phi) is 7.26. The fourth-order valence-electron chi connectivity index (χ4n) is 4.77. The number of carbonyl (C=O) groups excluding carboxylic acids is 1. The van der Waals surface area contributed by atoms with Crippen molar-refractivity contribution in [3.8, 4) is 0 Å². The van der Waals surface area contributed by atoms with E-state index in [0.29, 0.717) is 6.42 Å². The van der Waals surface area contributed by atoms with Gasteiger partial charge in [-0.1, -0.05) is 79.7 Å². The van der Waals surface area contributed by atoms with Gasteiger partial charge in [-0.25, -0.2) is 0 Å². The van der Waals surface area contributed by atoms with E-state index in [0.717, 1.165) is 24.6 Å². The molecule has 3 aromatic rings. The number of amides is 1. The maximum atomic E-state index is 13.0. The van der Waals surface area contributed by atoms with Crippen molar-refractivity contribution in [3.63, 3.8) is 0 Å². The molecule has 0 spiro atoms. The van der Waals surface area contributed by atoms with Crippen LogP contribution in [0.15, 0.2) is 84.9 Å². The quantitative estimate of drug-likeness (QED) is 0.479. The van der Waals surface area contributed by atoms with Crippen molar-refractivity contribution in [1.29, 1.82) is 0 Å². The molecule has 3 heteroatoms. The predicted molar refractivity (Wildman–Crippen MR) is 133 cm³/mol. The zero-order chi connectivity index (χ0) is 22.3. The monoisotopic (exact) mass is 426 g/mol. The van der Waals surface area contributed by atoms with Gasteiger partial charge in [-0.05, 0) is 54.5 Å². The van der Waals surface area contributed by atoms with Crippen LogP contribution >= 0.6 is 0 Å². The van der Waals surface area contributed by atoms with Gasteiger partial charge in [-0.2, -0.15) is 0 Å². The second kappa shape index (κ2) is 10.5. The number of hydrogen-bond acceptors (Lipinski definition) is 2. The van der Waals surface area contributed by atoms with Crippen molar-refractivity contribution in [2.45, 2.75) is 45.1 Å². The van der Waals surface area contributed by atoms with Gasteiger partial charge in [0.05, 0.1) is 6.04 Å². The van der Waals surface area contributed by atoms with Crippen LogP contribution in [0, 0.1) is 5.92 Å². The van der Waals surface area contributed by atoms with E-state index in [1.807, 2.05) is 36.4 Å². The highest BCUT2D eigenvalue weighted by molar-refractivity contribution is 5.78. The fraction of sp³-hybridized carbons (Fsp3) is 0.345. The molecule has 2 unspecified atom stereocenters. The number of hydrogen-bond donors (Lipinski definition) is 1. The number of nitrogens with one attached hydrogen (secondary N) is 1. The first-order chi connectivity index (χ1) is 15.6. The molecule has 166 valence electrons. The van der Waals surface area contributed by atoms with Crippen LogP contribution in [0.5, 0.6) is 0 Å². The average molecular weight is 427 g/mol. The van der Waals surface area contributed by atoms with E-state index in [2.05, 4.69) is 72.6 Å². The zero-order valence-corrected chi connectivity index (χ0v) is 19.2. The maximum absolute atomic E-state index is 13.0. The first kappa shape index (κ1) is 22.1. The summed E-state index contributed by atoms with van der Waals surface area (Å²) in [7, 11) is 0. The van der Waals surface area contributed by atoms with E-state index in [9.17, 15) is 4.79 Å². The molecule has 4 rings (SSSR count). The van der Waals surface area contributed by atoms with Gasteiger partial charge >= 0.3 is 0 Å². The summed E-state index contributed by atoms with van der Waals surface area (Å²) in [4.78, 5) is 15.5. The lowest BCUT2D eigenvalue weighted by molar-refractivity contribution is -0.121. The number of anilines is 1. The molecule has 0 bridgehead atoms. The molecule has 1 aliphatic heterocycles. The SMILES string of the molecule is CC1CCCN(c2ccc(C(C)NC(=O)CC(c3ccccc3)c3ccccc3)cc2)C1. The normalized spacial score (nSPS) is 17.2. The lowest BCUT2D eigenvalue weighted by atomic mass is 9.88. The Morgan fingerprint density at radius 3 is 2.06 bits per heavy atom. The Balaban J connectivity index is 1.41. The summed E-state index contributed by atoms with van der Waals surface area (Å²) in [5.74, 6) is 0.876. The summed E-state index contributed by atoms with van der Waals surface area (Å²) in [6, 6.07) is 29.3. The Morgan fingerprint density at radius 1 is 0.906 bits per heavy atom. The summed E-state index contributed by atoms with van der Waals surface area (Å²) < 4.78 is 0. The molecule has 1 saturated heterocycles. The Bertz CT molecular complexity index is 945. The number of piperidine rings is 1. The third-order valence-electron chi connectivity index (χ3n) is 6.59. The third-order valence-corrected chi connectivity index (χ3v) is 6.59. The van der Waals surface area contributed by atoms with Gasteiger partial charge in [0.25, 0.3) is 0 Å². The van der Waals surface area contributed by atoms with Gasteiger partial charge < -0.3 is 10.2 Å². The molecular weight excluding hydrogens is 392 g/mol. The minimum atomic E-state index is -0.0240. The molecule has 1 amide bonds. The van der Waals surface area contributed by atoms with E-state index >= 15 is 0 Å². The molecular formula is C29H34N2O. The van der Waals surface area contributed by atoms with Crippen LogP contribution < -0.4 is 10.2 Å². The fourth-order valence-corrected chi connectivity index (χ4v) is 4.77. The zero-order valence-electron chi connectivity index (χ0n) is 19.2. The second-order valence-corrected chi connectivity index (χ2v) is 9.15. The number of benzene rings is 3. The van der Waals surface area contributed by atoms with Crippen LogP contribution in [0.25, 0.3) is 0 Å². The molecule has 1 N–H and O–H groups in total. The molecule has 2 atom stereocenters. The molecule has 3 nitrogen and oxygen atoms in total. The van der Waals surface area contributed by atoms with Crippen molar-refractivity contribution < 1.29 is 4.79 Å². The van der Waals surface area contributed by atoms with Gasteiger partial charge in [0.15, 0.2) is 0 Å². The van der Waals surface area contributed by atoms with Crippen molar-refractivity contribution >= 4 is 11.6 Å². The lowest BCUT2D eigenvalue weighted by Gasteiger charge is -2.33. The molecule has 0 radical (unpaired) electrons. The molecule has 1 fully saturated rings. The van der Waals surface area contributed by atoms with Crippen molar-refractivity contribution in [2.24, 2.45) is 5.92 Å². The topological polar surface area (TPSA) is 32.3 Å². The summed E-state index contributed by atoms with van der Waals surface area (Å²) in [5, 5.41) is 3.22. The van der Waals surface area contributed by atoms with Crippen LogP contribution in [0.2, 0.25) is 0 Å². The molecule has 0 aliphatic carbocycles. The first-order valence-electron chi connectivity index (χ1n) is 11.8. The number of nitrogens with zero attached hydrogens (tertiary/aromatic N) is 1. The smallest absolute Gasteiger partial charge is 0.221 e. The first-order valence-corrected chi connectivity index (χ1v) is 11.8. The molecule has 0 saturated carbocycles. The van der Waals surface area contributed by atoms with E-state index in [1.54, 1.807) is 0 Å². The van der Waals surface area contributed by atoms with Gasteiger partial charge in [0.1, 0.15) is 0 Å². The number of carbonyl (C=O) groups is 1. The molecule has 0 aromatic heterocycles. The highest BCUT2D eigenvalue weighted by Crippen LogP contribution is 2.29. The Morgan fingerprint density at radius 2 is 1.50 bits per heavy atom. The summed E-state index contributed by atoms with van der Waals surface area (Å²) in [6.45, 7) is 6.66. The van der Waals surface area contributed by atoms with E-state index < -0.39 is 0 Å². The Hall–Kier alpha value is -3.07. The Labute approximate surface area is 192 Å². The van der Waals surface area contributed by atoms with Crippen LogP contribution in [0.4, 0.5) is 5.69 Å². The van der Waals surface area contributed by atoms with Crippen LogP contribution in [0.1, 0.15) is 61.8 Å². The van der Waals surface area contributed by atoms with Crippen molar-refractivity contribution in [3.05, 3.63) is 102 Å². The summed E-state index contributed by atoms with van der Waals surface area (Å²) in [6.07, 6.45) is 3.02. The predicted octanol–water partition coefficient (Wildman–Crippen LogP) is 6.32. The molecule has 1 heterocycles. The van der Waals surface area contributed by atoms with E-state index in [-0.39, 0.29) is 17.9 Å². The van der Waals surface area contributed by atoms with E-state index in [1.165, 1.54) is 29.7 Å². The molecule has 3 aromatic carbocycles. The largest absolute Gasteiger partial charge is 0.371 e. The standard InChI is InChI=1S/C29H34N2O/c1-22-10-9-19-31(21-22)27-17-15-24(16-18-27)23(2)30-29(32)20-28(25-11-5-3-6-12-25)26-13-7-4-8-14-26/h3-8,11-18,22-23,28H,9-10,19-21H2,1-2H3,(H,30,32). The second-order valence-electron chi connectivity index (χ2n) is 9.15. The molecule has 32 heavy (non-hydrogen) atoms. The van der Waals surface area contributed by atoms with Crippen LogP contribution in [-0.2, 0) is 4.79 Å². The summed E-state index contributed by atoms with van der Waals surface area (Å²) in [5.41, 5.74) is 4.76. The number of rotatable bonds is 7. The molecule has 1 aliphatic rings. The van der Waals surface area contributed by atoms with Gasteiger partial charge in [0, 0.05) is 31.1 Å². The minimum absolute atomic E-state index is 0.0240. The van der Waals surface area contributed by atoms with Gasteiger partial charge in [-0.15, -0.1) is 0 Å². The van der Waals surface area contributed by atoms with Crippen LogP contribution in [0.3, 0.4) is 0 Å². The van der Waals surface area contributed by atoms with Gasteiger partial charge in [0.2, 0.25) is 5.91 Å². The van der Waals surface area contributed by atoms with E-state index in [4.69, 9.17) is 0 Å². The highest BCUT2D eigenvalue weighted by Gasteiger charge is 2.20. The van der Waals surface area contributed by atoms with Crippen molar-refractivity contribution in [1.82, 2.24) is 5.32 Å². The average Bonchev–Trinajstić information content (AvgIpc) is 2.84. The third kappa shape index (κ3) is 5.59. The highest BCUT2D eigenvalue weighted by atomic mass is 16.1. The summed E-state index contributed by atoms with van der Waals surface area (Å²) >= 11 is 0. The maximum Gasteiger partial charge on any atom is 0.221 e. The minimum Gasteiger partial charge on any atom is -0.371 e. The van der Waals surface area contributed by atoms with Gasteiger partial charge in [-0.3, -0.25) is 4.79 Å².